The first kappa shape index (κ1) is 16.1. The predicted molar refractivity (Wildman–Crippen MR) is 89.2 cm³/mol. The molecule has 0 aliphatic carbocycles. The number of amides is 1. The van der Waals surface area contributed by atoms with Crippen LogP contribution in [0, 0.1) is 6.92 Å². The van der Waals surface area contributed by atoms with Gasteiger partial charge in [0, 0.05) is 12.6 Å². The van der Waals surface area contributed by atoms with E-state index < -0.39 is 0 Å². The first-order valence-corrected chi connectivity index (χ1v) is 7.61. The van der Waals surface area contributed by atoms with Gasteiger partial charge in [-0.1, -0.05) is 11.6 Å². The molecule has 0 saturated heterocycles. The summed E-state index contributed by atoms with van der Waals surface area (Å²) in [6.45, 7) is 3.63. The van der Waals surface area contributed by atoms with Crippen LogP contribution >= 0.6 is 11.6 Å². The number of hydrogen-bond donors (Lipinski definition) is 2. The lowest BCUT2D eigenvalue weighted by Gasteiger charge is -2.13. The summed E-state index contributed by atoms with van der Waals surface area (Å²) in [5.74, 6) is 0.845. The molecule has 0 spiro atoms. The highest BCUT2D eigenvalue weighted by Gasteiger charge is 2.14. The van der Waals surface area contributed by atoms with Gasteiger partial charge >= 0.3 is 0 Å². The summed E-state index contributed by atoms with van der Waals surface area (Å²) < 4.78 is 10.4. The number of anilines is 2. The van der Waals surface area contributed by atoms with Gasteiger partial charge in [0.15, 0.2) is 5.76 Å². The summed E-state index contributed by atoms with van der Waals surface area (Å²) in [6, 6.07) is 8.25. The lowest BCUT2D eigenvalue weighted by atomic mass is 10.2. The highest BCUT2D eigenvalue weighted by atomic mass is 35.5. The SMILES string of the molecule is Cc1nnc(C(C)Nc2ccc(NC(=O)c3ccco3)c(Cl)c2)o1. The zero-order valence-corrected chi connectivity index (χ0v) is 13.8. The zero-order valence-electron chi connectivity index (χ0n) is 13.0. The van der Waals surface area contributed by atoms with Crippen molar-refractivity contribution in [1.82, 2.24) is 10.2 Å². The van der Waals surface area contributed by atoms with Gasteiger partial charge in [-0.25, -0.2) is 0 Å². The van der Waals surface area contributed by atoms with Crippen LogP contribution in [0.3, 0.4) is 0 Å². The number of aromatic nitrogens is 2. The third-order valence-corrected chi connectivity index (χ3v) is 3.57. The highest BCUT2D eigenvalue weighted by Crippen LogP contribution is 2.28. The smallest absolute Gasteiger partial charge is 0.291 e. The first-order valence-electron chi connectivity index (χ1n) is 7.24. The van der Waals surface area contributed by atoms with E-state index in [0.717, 1.165) is 5.69 Å². The molecule has 1 atom stereocenters. The summed E-state index contributed by atoms with van der Waals surface area (Å²) in [6.07, 6.45) is 1.43. The number of carbonyl (C=O) groups is 1. The molecule has 0 bridgehead atoms. The van der Waals surface area contributed by atoms with Crippen molar-refractivity contribution >= 4 is 28.9 Å². The van der Waals surface area contributed by atoms with Gasteiger partial charge in [-0.3, -0.25) is 4.79 Å². The molecule has 3 aromatic rings. The van der Waals surface area contributed by atoms with Gasteiger partial charge < -0.3 is 19.5 Å². The number of aryl methyl sites for hydroxylation is 1. The molecule has 8 heteroatoms. The fourth-order valence-corrected chi connectivity index (χ4v) is 2.32. The molecule has 0 aliphatic rings. The van der Waals surface area contributed by atoms with Crippen LogP contribution < -0.4 is 10.6 Å². The lowest BCUT2D eigenvalue weighted by Crippen LogP contribution is -2.11. The third-order valence-electron chi connectivity index (χ3n) is 3.26. The molecule has 2 N–H and O–H groups in total. The normalized spacial score (nSPS) is 12.0. The van der Waals surface area contributed by atoms with Crippen LogP contribution in [-0.4, -0.2) is 16.1 Å². The molecule has 0 radical (unpaired) electrons. The van der Waals surface area contributed by atoms with Crippen molar-refractivity contribution in [3.05, 3.63) is 59.2 Å². The molecular formula is C16H15ClN4O3. The van der Waals surface area contributed by atoms with E-state index in [-0.39, 0.29) is 17.7 Å². The van der Waals surface area contributed by atoms with Crippen LogP contribution in [0.5, 0.6) is 0 Å². The van der Waals surface area contributed by atoms with Crippen molar-refractivity contribution in [2.24, 2.45) is 0 Å². The number of halogens is 1. The summed E-state index contributed by atoms with van der Waals surface area (Å²) >= 11 is 6.23. The Morgan fingerprint density at radius 1 is 1.29 bits per heavy atom. The standard InChI is InChI=1S/C16H15ClN4O3/c1-9(16-21-20-10(2)24-16)18-11-5-6-13(12(17)8-11)19-15(22)14-4-3-7-23-14/h3-9,18H,1-2H3,(H,19,22). The molecule has 0 saturated carbocycles. The van der Waals surface area contributed by atoms with Gasteiger partial charge in [0.2, 0.25) is 11.8 Å². The van der Waals surface area contributed by atoms with E-state index in [9.17, 15) is 4.79 Å². The van der Waals surface area contributed by atoms with Crippen LogP contribution in [0.25, 0.3) is 0 Å². The second-order valence-corrected chi connectivity index (χ2v) is 5.56. The lowest BCUT2D eigenvalue weighted by molar-refractivity contribution is 0.0996. The molecule has 1 unspecified atom stereocenters. The Bertz CT molecular complexity index is 845. The summed E-state index contributed by atoms with van der Waals surface area (Å²) in [7, 11) is 0. The maximum atomic E-state index is 12.0. The second-order valence-electron chi connectivity index (χ2n) is 5.15. The minimum atomic E-state index is -0.364. The Morgan fingerprint density at radius 2 is 2.12 bits per heavy atom. The molecule has 1 amide bonds. The highest BCUT2D eigenvalue weighted by molar-refractivity contribution is 6.34. The van der Waals surface area contributed by atoms with Crippen LogP contribution in [0.15, 0.2) is 45.4 Å². The van der Waals surface area contributed by atoms with Crippen molar-refractivity contribution in [2.75, 3.05) is 10.6 Å². The number of furan rings is 1. The summed E-state index contributed by atoms with van der Waals surface area (Å²) in [5, 5.41) is 14.1. The minimum absolute atomic E-state index is 0.175. The molecule has 2 heterocycles. The Hall–Kier alpha value is -2.80. The van der Waals surface area contributed by atoms with Gasteiger partial charge in [-0.05, 0) is 37.3 Å². The van der Waals surface area contributed by atoms with Crippen LogP contribution in [0.2, 0.25) is 5.02 Å². The van der Waals surface area contributed by atoms with E-state index >= 15 is 0 Å². The topological polar surface area (TPSA) is 93.2 Å². The molecule has 124 valence electrons. The van der Waals surface area contributed by atoms with Crippen molar-refractivity contribution < 1.29 is 13.6 Å². The predicted octanol–water partition coefficient (Wildman–Crippen LogP) is 4.05. The molecule has 0 aliphatic heterocycles. The van der Waals surface area contributed by atoms with Gasteiger partial charge in [-0.2, -0.15) is 0 Å². The van der Waals surface area contributed by atoms with Crippen LogP contribution in [0.4, 0.5) is 11.4 Å². The van der Waals surface area contributed by atoms with E-state index in [4.69, 9.17) is 20.4 Å². The van der Waals surface area contributed by atoms with Gasteiger partial charge in [0.1, 0.15) is 6.04 Å². The molecule has 0 fully saturated rings. The number of hydrogen-bond acceptors (Lipinski definition) is 6. The van der Waals surface area contributed by atoms with E-state index in [1.165, 1.54) is 6.26 Å². The fraction of sp³-hybridized carbons (Fsp3) is 0.188. The molecule has 1 aromatic carbocycles. The Morgan fingerprint density at radius 3 is 2.75 bits per heavy atom. The van der Waals surface area contributed by atoms with Crippen LogP contribution in [-0.2, 0) is 0 Å². The van der Waals surface area contributed by atoms with Gasteiger partial charge in [-0.15, -0.1) is 10.2 Å². The van der Waals surface area contributed by atoms with Crippen molar-refractivity contribution in [1.29, 1.82) is 0 Å². The molecule has 2 aromatic heterocycles. The van der Waals surface area contributed by atoms with Gasteiger partial charge in [0.05, 0.1) is 17.0 Å². The monoisotopic (exact) mass is 346 g/mol. The van der Waals surface area contributed by atoms with Crippen molar-refractivity contribution in [3.8, 4) is 0 Å². The minimum Gasteiger partial charge on any atom is -0.459 e. The molecule has 3 rings (SSSR count). The Labute approximate surface area is 143 Å². The maximum Gasteiger partial charge on any atom is 0.291 e. The van der Waals surface area contributed by atoms with E-state index in [0.29, 0.717) is 22.5 Å². The number of nitrogens with one attached hydrogen (secondary N) is 2. The van der Waals surface area contributed by atoms with E-state index in [1.54, 1.807) is 37.3 Å². The number of nitrogens with zero attached hydrogens (tertiary/aromatic N) is 2. The summed E-state index contributed by atoms with van der Waals surface area (Å²) in [5.41, 5.74) is 1.25. The third kappa shape index (κ3) is 3.57. The number of rotatable bonds is 5. The number of carbonyl (C=O) groups excluding carboxylic acids is 1. The van der Waals surface area contributed by atoms with Crippen molar-refractivity contribution in [2.45, 2.75) is 19.9 Å². The second kappa shape index (κ2) is 6.76. The molecular weight excluding hydrogens is 332 g/mol. The first-order chi connectivity index (χ1) is 11.5. The zero-order chi connectivity index (χ0) is 17.1. The van der Waals surface area contributed by atoms with Crippen LogP contribution in [0.1, 0.15) is 35.3 Å². The molecule has 7 nitrogen and oxygen atoms in total. The largest absolute Gasteiger partial charge is 0.459 e. The number of benzene rings is 1. The average Bonchev–Trinajstić information content (AvgIpc) is 3.21. The fourth-order valence-electron chi connectivity index (χ4n) is 2.10. The Balaban J connectivity index is 1.69. The van der Waals surface area contributed by atoms with E-state index in [1.807, 2.05) is 6.92 Å². The molecule has 24 heavy (non-hydrogen) atoms. The summed E-state index contributed by atoms with van der Waals surface area (Å²) in [4.78, 5) is 12.0. The Kier molecular flexibility index (Phi) is 4.52. The van der Waals surface area contributed by atoms with E-state index in [2.05, 4.69) is 20.8 Å². The van der Waals surface area contributed by atoms with Crippen molar-refractivity contribution in [3.63, 3.8) is 0 Å². The van der Waals surface area contributed by atoms with Gasteiger partial charge in [0.25, 0.3) is 5.91 Å². The quantitative estimate of drug-likeness (QED) is 0.724. The maximum absolute atomic E-state index is 12.0. The average molecular weight is 347 g/mol.